The van der Waals surface area contributed by atoms with Gasteiger partial charge in [-0.25, -0.2) is 0 Å². The zero-order valence-electron chi connectivity index (χ0n) is 16.7. The summed E-state index contributed by atoms with van der Waals surface area (Å²) in [5.41, 5.74) is 13.9. The second-order valence-electron chi connectivity index (χ2n) is 8.26. The molecule has 1 aliphatic rings. The van der Waals surface area contributed by atoms with Crippen molar-refractivity contribution in [3.8, 4) is 0 Å². The van der Waals surface area contributed by atoms with Gasteiger partial charge < -0.3 is 16.2 Å². The molecule has 0 amide bonds. The van der Waals surface area contributed by atoms with E-state index in [-0.39, 0.29) is 11.2 Å². The van der Waals surface area contributed by atoms with E-state index in [1.807, 2.05) is 54.6 Å². The van der Waals surface area contributed by atoms with Crippen LogP contribution in [0.3, 0.4) is 0 Å². The number of hydrogen-bond donors (Lipinski definition) is 2. The number of ketones is 1. The van der Waals surface area contributed by atoms with E-state index < -0.39 is 11.6 Å². The van der Waals surface area contributed by atoms with Gasteiger partial charge in [-0.2, -0.15) is 0 Å². The molecule has 0 radical (unpaired) electrons. The molecule has 0 spiro atoms. The molecule has 0 aliphatic heterocycles. The van der Waals surface area contributed by atoms with Crippen LogP contribution in [0, 0.1) is 0 Å². The zero-order chi connectivity index (χ0) is 20.4. The Hall–Kier alpha value is -2.69. The molecule has 0 bridgehead atoms. The molecule has 4 N–H and O–H groups in total. The van der Waals surface area contributed by atoms with Crippen molar-refractivity contribution in [3.63, 3.8) is 0 Å². The largest absolute Gasteiger partial charge is 0.489 e. The molecular formula is C24H28N2O2. The van der Waals surface area contributed by atoms with Crippen molar-refractivity contribution in [1.29, 1.82) is 0 Å². The Kier molecular flexibility index (Phi) is 5.54. The third kappa shape index (κ3) is 4.08. The van der Waals surface area contributed by atoms with Crippen LogP contribution in [0.1, 0.15) is 42.3 Å². The number of carbonyl (C=O) groups excluding carboxylic acids is 1. The monoisotopic (exact) mass is 376 g/mol. The standard InChI is InChI=1S/C24H28N2O2/c1-23(2,3)20-12-8-7-11-19(20)22(27)24(26)15-18(13-14-21(24)25)28-16-17-9-5-4-6-10-17/h4-15,21H,16,25-26H2,1-3H3. The Balaban J connectivity index is 1.90. The predicted octanol–water partition coefficient (Wildman–Crippen LogP) is 3.86. The third-order valence-corrected chi connectivity index (χ3v) is 5.02. The molecule has 2 unspecified atom stereocenters. The van der Waals surface area contributed by atoms with Crippen molar-refractivity contribution in [3.05, 3.63) is 95.3 Å². The van der Waals surface area contributed by atoms with Gasteiger partial charge in [0.05, 0.1) is 6.04 Å². The van der Waals surface area contributed by atoms with Gasteiger partial charge in [-0.1, -0.05) is 81.4 Å². The van der Waals surface area contributed by atoms with Gasteiger partial charge >= 0.3 is 0 Å². The lowest BCUT2D eigenvalue weighted by Gasteiger charge is -2.34. The van der Waals surface area contributed by atoms with Crippen LogP contribution >= 0.6 is 0 Å². The second kappa shape index (κ2) is 7.74. The van der Waals surface area contributed by atoms with Gasteiger partial charge in [0.15, 0.2) is 5.78 Å². The Labute approximate surface area is 166 Å². The number of rotatable bonds is 5. The number of Topliss-reactive ketones (excluding diaryl/α,β-unsaturated/α-hetero) is 1. The third-order valence-electron chi connectivity index (χ3n) is 5.02. The smallest absolute Gasteiger partial charge is 0.188 e. The first-order chi connectivity index (χ1) is 13.2. The molecular weight excluding hydrogens is 348 g/mol. The van der Waals surface area contributed by atoms with Crippen molar-refractivity contribution in [1.82, 2.24) is 0 Å². The average Bonchev–Trinajstić information content (AvgIpc) is 2.68. The van der Waals surface area contributed by atoms with Gasteiger partial charge in [-0.3, -0.25) is 4.79 Å². The lowest BCUT2D eigenvalue weighted by atomic mass is 9.75. The van der Waals surface area contributed by atoms with E-state index in [4.69, 9.17) is 16.2 Å². The molecule has 4 heteroatoms. The lowest BCUT2D eigenvalue weighted by Crippen LogP contribution is -2.60. The van der Waals surface area contributed by atoms with Crippen LogP contribution in [0.15, 0.2) is 78.6 Å². The summed E-state index contributed by atoms with van der Waals surface area (Å²) in [7, 11) is 0. The van der Waals surface area contributed by atoms with E-state index in [0.29, 0.717) is 17.9 Å². The van der Waals surface area contributed by atoms with Crippen LogP contribution in [-0.4, -0.2) is 17.4 Å². The maximum Gasteiger partial charge on any atom is 0.188 e. The predicted molar refractivity (Wildman–Crippen MR) is 113 cm³/mol. The van der Waals surface area contributed by atoms with E-state index in [1.165, 1.54) is 0 Å². The Morgan fingerprint density at radius 1 is 1.07 bits per heavy atom. The SMILES string of the molecule is CC(C)(C)c1ccccc1C(=O)C1(N)C=C(OCc2ccccc2)C=CC1N. The summed E-state index contributed by atoms with van der Waals surface area (Å²) in [6, 6.07) is 16.8. The summed E-state index contributed by atoms with van der Waals surface area (Å²) in [6.45, 7) is 6.63. The number of nitrogens with two attached hydrogens (primary N) is 2. The maximum atomic E-state index is 13.5. The van der Waals surface area contributed by atoms with E-state index in [1.54, 1.807) is 18.2 Å². The first-order valence-corrected chi connectivity index (χ1v) is 9.48. The quantitative estimate of drug-likeness (QED) is 0.777. The fourth-order valence-electron chi connectivity index (χ4n) is 3.35. The van der Waals surface area contributed by atoms with Crippen molar-refractivity contribution < 1.29 is 9.53 Å². The molecule has 0 fully saturated rings. The maximum absolute atomic E-state index is 13.5. The van der Waals surface area contributed by atoms with Crippen LogP contribution in [0.2, 0.25) is 0 Å². The van der Waals surface area contributed by atoms with Gasteiger partial charge in [-0.15, -0.1) is 0 Å². The first kappa shape index (κ1) is 20.1. The molecule has 2 atom stereocenters. The van der Waals surface area contributed by atoms with Crippen LogP contribution in [0.25, 0.3) is 0 Å². The highest BCUT2D eigenvalue weighted by molar-refractivity contribution is 6.07. The number of ether oxygens (including phenoxy) is 1. The fraction of sp³-hybridized carbons (Fsp3) is 0.292. The minimum atomic E-state index is -1.36. The Morgan fingerprint density at radius 2 is 1.71 bits per heavy atom. The Morgan fingerprint density at radius 3 is 2.39 bits per heavy atom. The van der Waals surface area contributed by atoms with Gasteiger partial charge in [0.2, 0.25) is 0 Å². The van der Waals surface area contributed by atoms with Crippen LogP contribution < -0.4 is 11.5 Å². The molecule has 2 aromatic rings. The Bertz CT molecular complexity index is 910. The summed E-state index contributed by atoms with van der Waals surface area (Å²) < 4.78 is 5.88. The number of allylic oxidation sites excluding steroid dienone is 1. The highest BCUT2D eigenvalue weighted by Gasteiger charge is 2.41. The fourth-order valence-corrected chi connectivity index (χ4v) is 3.35. The molecule has 0 saturated heterocycles. The van der Waals surface area contributed by atoms with Crippen molar-refractivity contribution in [2.45, 2.75) is 44.4 Å². The number of carbonyl (C=O) groups is 1. The average molecular weight is 376 g/mol. The molecule has 28 heavy (non-hydrogen) atoms. The van der Waals surface area contributed by atoms with Gasteiger partial charge in [0.25, 0.3) is 0 Å². The summed E-state index contributed by atoms with van der Waals surface area (Å²) in [6.07, 6.45) is 5.17. The first-order valence-electron chi connectivity index (χ1n) is 9.48. The summed E-state index contributed by atoms with van der Waals surface area (Å²) in [4.78, 5) is 13.5. The summed E-state index contributed by atoms with van der Waals surface area (Å²) in [5, 5.41) is 0. The van der Waals surface area contributed by atoms with Crippen molar-refractivity contribution >= 4 is 5.78 Å². The highest BCUT2D eigenvalue weighted by atomic mass is 16.5. The highest BCUT2D eigenvalue weighted by Crippen LogP contribution is 2.31. The van der Waals surface area contributed by atoms with Gasteiger partial charge in [0.1, 0.15) is 17.9 Å². The molecule has 4 nitrogen and oxygen atoms in total. The minimum Gasteiger partial charge on any atom is -0.489 e. The molecule has 0 heterocycles. The molecule has 146 valence electrons. The topological polar surface area (TPSA) is 78.3 Å². The van der Waals surface area contributed by atoms with Crippen molar-refractivity contribution in [2.24, 2.45) is 11.5 Å². The van der Waals surface area contributed by atoms with Gasteiger partial charge in [0, 0.05) is 5.56 Å². The molecule has 1 aliphatic carbocycles. The van der Waals surface area contributed by atoms with Crippen LogP contribution in [0.5, 0.6) is 0 Å². The van der Waals surface area contributed by atoms with E-state index in [0.717, 1.165) is 11.1 Å². The zero-order valence-corrected chi connectivity index (χ0v) is 16.7. The molecule has 0 aromatic heterocycles. The van der Waals surface area contributed by atoms with E-state index in [2.05, 4.69) is 20.8 Å². The second-order valence-corrected chi connectivity index (χ2v) is 8.26. The van der Waals surface area contributed by atoms with Crippen LogP contribution in [-0.2, 0) is 16.8 Å². The van der Waals surface area contributed by atoms with Crippen LogP contribution in [0.4, 0.5) is 0 Å². The molecule has 0 saturated carbocycles. The number of hydrogen-bond acceptors (Lipinski definition) is 4. The van der Waals surface area contributed by atoms with Crippen molar-refractivity contribution in [2.75, 3.05) is 0 Å². The van der Waals surface area contributed by atoms with E-state index >= 15 is 0 Å². The normalized spacial score (nSPS) is 21.9. The number of benzene rings is 2. The molecule has 2 aromatic carbocycles. The molecule has 3 rings (SSSR count). The summed E-state index contributed by atoms with van der Waals surface area (Å²) >= 11 is 0. The van der Waals surface area contributed by atoms with E-state index in [9.17, 15) is 4.79 Å². The van der Waals surface area contributed by atoms with Gasteiger partial charge in [-0.05, 0) is 28.7 Å². The minimum absolute atomic E-state index is 0.187. The lowest BCUT2D eigenvalue weighted by molar-refractivity contribution is 0.0902. The summed E-state index contributed by atoms with van der Waals surface area (Å²) in [5.74, 6) is 0.352.